The molecule has 36 heavy (non-hydrogen) atoms. The number of rotatable bonds is 3. The van der Waals surface area contributed by atoms with E-state index in [2.05, 4.69) is 20.7 Å². The van der Waals surface area contributed by atoms with Crippen molar-refractivity contribution in [2.45, 2.75) is 36.8 Å². The number of nitrogens with zero attached hydrogens (tertiary/aromatic N) is 3. The van der Waals surface area contributed by atoms with Crippen LogP contribution in [0.3, 0.4) is 0 Å². The molecule has 1 fully saturated rings. The molecule has 2 heterocycles. The van der Waals surface area contributed by atoms with Crippen LogP contribution in [0.1, 0.15) is 24.1 Å². The number of hydrogen-bond acceptors (Lipinski definition) is 6. The number of halogens is 7. The van der Waals surface area contributed by atoms with Crippen LogP contribution in [0, 0.1) is 0 Å². The molecule has 0 bridgehead atoms. The number of anilines is 1. The van der Waals surface area contributed by atoms with Crippen LogP contribution in [-0.4, -0.2) is 50.6 Å². The minimum atomic E-state index is -4.89. The Hall–Kier alpha value is -3.23. The Morgan fingerprint density at radius 2 is 1.86 bits per heavy atom. The summed E-state index contributed by atoms with van der Waals surface area (Å²) >= 11 is 0. The van der Waals surface area contributed by atoms with Gasteiger partial charge in [-0.3, -0.25) is 15.0 Å². The van der Waals surface area contributed by atoms with Gasteiger partial charge < -0.3 is 10.4 Å². The van der Waals surface area contributed by atoms with Crippen LogP contribution in [0.4, 0.5) is 32.0 Å². The van der Waals surface area contributed by atoms with Gasteiger partial charge in [-0.2, -0.15) is 26.3 Å². The summed E-state index contributed by atoms with van der Waals surface area (Å²) < 4.78 is 79.2. The predicted octanol–water partition coefficient (Wildman–Crippen LogP) is 3.34. The lowest BCUT2D eigenvalue weighted by Crippen LogP contribution is -2.68. The molecule has 15 heteroatoms. The molecule has 2 aliphatic rings. The highest BCUT2D eigenvalue weighted by molar-refractivity contribution is 6.23. The van der Waals surface area contributed by atoms with E-state index in [1.165, 1.54) is 18.1 Å². The van der Waals surface area contributed by atoms with Crippen molar-refractivity contribution in [1.29, 1.82) is 0 Å². The number of hydrazine groups is 1. The van der Waals surface area contributed by atoms with Crippen molar-refractivity contribution in [2.24, 2.45) is 0 Å². The Kier molecular flexibility index (Phi) is 7.09. The van der Waals surface area contributed by atoms with Gasteiger partial charge in [-0.25, -0.2) is 15.0 Å². The first-order chi connectivity index (χ1) is 16.2. The van der Waals surface area contributed by atoms with Gasteiger partial charge in [0, 0.05) is 12.6 Å². The molecule has 1 saturated carbocycles. The maximum atomic E-state index is 13.3. The zero-order valence-corrected chi connectivity index (χ0v) is 19.1. The number of aliphatic hydroxyl groups is 1. The molecule has 194 valence electrons. The molecule has 8 nitrogen and oxygen atoms in total. The molecule has 1 aliphatic heterocycles. The summed E-state index contributed by atoms with van der Waals surface area (Å²) in [7, 11) is 1.51. The molecule has 2 unspecified atom stereocenters. The first kappa shape index (κ1) is 27.4. The van der Waals surface area contributed by atoms with Crippen molar-refractivity contribution in [3.8, 4) is 11.3 Å². The van der Waals surface area contributed by atoms with E-state index in [0.717, 1.165) is 6.07 Å². The van der Waals surface area contributed by atoms with Gasteiger partial charge in [-0.05, 0) is 43.2 Å². The van der Waals surface area contributed by atoms with Gasteiger partial charge in [-0.15, -0.1) is 12.4 Å². The third-order valence-corrected chi connectivity index (χ3v) is 6.00. The number of nitrogens with one attached hydrogen (secondary N) is 2. The number of benzene rings is 1. The van der Waals surface area contributed by atoms with Crippen LogP contribution >= 0.6 is 12.4 Å². The Balaban J connectivity index is 0.00000361. The number of carbonyl (C=O) groups is 2. The predicted molar refractivity (Wildman–Crippen MR) is 115 cm³/mol. The Morgan fingerprint density at radius 3 is 2.42 bits per heavy atom. The second-order valence-corrected chi connectivity index (χ2v) is 8.10. The average Bonchev–Trinajstić information content (AvgIpc) is 2.77. The summed E-state index contributed by atoms with van der Waals surface area (Å²) in [6, 6.07) is 2.48. The topological polar surface area (TPSA) is 107 Å². The van der Waals surface area contributed by atoms with Crippen molar-refractivity contribution in [1.82, 2.24) is 20.4 Å². The van der Waals surface area contributed by atoms with Crippen LogP contribution in [0.2, 0.25) is 0 Å². The third kappa shape index (κ3) is 4.88. The molecule has 0 radical (unpaired) electrons. The highest BCUT2D eigenvalue weighted by atomic mass is 35.5. The van der Waals surface area contributed by atoms with Crippen LogP contribution in [0.25, 0.3) is 11.3 Å². The highest BCUT2D eigenvalue weighted by Gasteiger charge is 2.51. The molecular weight excluding hydrogens is 520 g/mol. The maximum absolute atomic E-state index is 13.3. The van der Waals surface area contributed by atoms with Gasteiger partial charge in [0.2, 0.25) is 0 Å². The number of hydrogen-bond donors (Lipinski definition) is 3. The van der Waals surface area contributed by atoms with Crippen LogP contribution in [0.5, 0.6) is 0 Å². The van der Waals surface area contributed by atoms with Crippen molar-refractivity contribution >= 4 is 29.9 Å². The smallest absolute Gasteiger partial charge is 0.391 e. The fraction of sp³-hybridized carbons (Fsp3) is 0.333. The Morgan fingerprint density at radius 1 is 1.17 bits per heavy atom. The van der Waals surface area contributed by atoms with Crippen LogP contribution in [0.15, 0.2) is 42.2 Å². The van der Waals surface area contributed by atoms with Gasteiger partial charge in [0.15, 0.2) is 0 Å². The lowest BCUT2D eigenvalue weighted by molar-refractivity contribution is -0.141. The third-order valence-electron chi connectivity index (χ3n) is 6.00. The molecule has 1 spiro atoms. The molecule has 4 rings (SSSR count). The number of carbonyl (C=O) groups excluding carboxylic acids is 2. The largest absolute Gasteiger partial charge is 0.433 e. The standard InChI is InChI=1S/C21H17F6N5O3.ClH/c1-32-19(5-4-16(19)33)8-12(18(35)31-32)17(34)30-13-3-2-10(20(22,23)24)6-11(13)14-7-15(21(25,26)27)29-9-28-14;/h2-3,6-9,16,33H,4-5H2,1H3,(H,30,34)(H,31,35);1H. The number of amides is 2. The van der Waals surface area contributed by atoms with Gasteiger partial charge in [0.25, 0.3) is 11.8 Å². The van der Waals surface area contributed by atoms with Crippen LogP contribution in [-0.2, 0) is 21.9 Å². The fourth-order valence-electron chi connectivity index (χ4n) is 3.92. The zero-order valence-electron chi connectivity index (χ0n) is 18.2. The summed E-state index contributed by atoms with van der Waals surface area (Å²) in [5.74, 6) is -1.86. The summed E-state index contributed by atoms with van der Waals surface area (Å²) in [5, 5.41) is 13.8. The number of aromatic nitrogens is 2. The second-order valence-electron chi connectivity index (χ2n) is 8.10. The van der Waals surface area contributed by atoms with Crippen molar-refractivity contribution in [3.63, 3.8) is 0 Å². The minimum Gasteiger partial charge on any atom is -0.391 e. The first-order valence-corrected chi connectivity index (χ1v) is 10.1. The summed E-state index contributed by atoms with van der Waals surface area (Å²) in [6.45, 7) is 0. The summed E-state index contributed by atoms with van der Waals surface area (Å²) in [5.41, 5.74) is -2.90. The molecule has 2 aromatic rings. The number of aliphatic hydroxyl groups excluding tert-OH is 1. The average molecular weight is 538 g/mol. The van der Waals surface area contributed by atoms with E-state index >= 15 is 0 Å². The van der Waals surface area contributed by atoms with E-state index in [1.807, 2.05) is 0 Å². The van der Waals surface area contributed by atoms with E-state index in [-0.39, 0.29) is 18.1 Å². The normalized spacial score (nSPS) is 22.3. The van der Waals surface area contributed by atoms with Gasteiger partial charge in [-0.1, -0.05) is 0 Å². The molecule has 1 aliphatic carbocycles. The molecular formula is C21H18ClF6N5O3. The second kappa shape index (κ2) is 9.33. The molecule has 2 atom stereocenters. The minimum absolute atomic E-state index is 0. The quantitative estimate of drug-likeness (QED) is 0.410. The fourth-order valence-corrected chi connectivity index (χ4v) is 3.92. The summed E-state index contributed by atoms with van der Waals surface area (Å²) in [4.78, 5) is 32.1. The Bertz CT molecular complexity index is 1240. The van der Waals surface area contributed by atoms with Gasteiger partial charge >= 0.3 is 12.4 Å². The summed E-state index contributed by atoms with van der Waals surface area (Å²) in [6.07, 6.45) is -7.94. The van der Waals surface area contributed by atoms with Gasteiger partial charge in [0.1, 0.15) is 17.6 Å². The maximum Gasteiger partial charge on any atom is 0.433 e. The van der Waals surface area contributed by atoms with Crippen molar-refractivity contribution < 1.29 is 41.0 Å². The lowest BCUT2D eigenvalue weighted by Gasteiger charge is -2.52. The first-order valence-electron chi connectivity index (χ1n) is 10.1. The van der Waals surface area contributed by atoms with Gasteiger partial charge in [0.05, 0.1) is 28.6 Å². The number of likely N-dealkylation sites (N-methyl/N-ethyl adjacent to an activating group) is 1. The zero-order chi connectivity index (χ0) is 25.8. The van der Waals surface area contributed by atoms with E-state index in [9.17, 15) is 41.0 Å². The molecule has 1 aromatic heterocycles. The van der Waals surface area contributed by atoms with Crippen molar-refractivity contribution in [3.05, 3.63) is 53.5 Å². The molecule has 0 saturated heterocycles. The number of alkyl halides is 6. The van der Waals surface area contributed by atoms with Crippen LogP contribution < -0.4 is 10.7 Å². The van der Waals surface area contributed by atoms with E-state index in [4.69, 9.17) is 0 Å². The van der Waals surface area contributed by atoms with E-state index in [1.54, 1.807) is 0 Å². The molecule has 2 amide bonds. The highest BCUT2D eigenvalue weighted by Crippen LogP contribution is 2.41. The SMILES string of the molecule is CN1NC(=O)C(C(=O)Nc2ccc(C(F)(F)F)cc2-c2cc(C(F)(F)F)ncn2)=CC12CCC2O.Cl. The lowest BCUT2D eigenvalue weighted by atomic mass is 9.71. The molecule has 1 aromatic carbocycles. The van der Waals surface area contributed by atoms with E-state index < -0.39 is 63.9 Å². The monoisotopic (exact) mass is 537 g/mol. The Labute approximate surface area is 205 Å². The molecule has 3 N–H and O–H groups in total. The van der Waals surface area contributed by atoms with E-state index in [0.29, 0.717) is 37.4 Å². The van der Waals surface area contributed by atoms with Crippen molar-refractivity contribution in [2.75, 3.05) is 12.4 Å².